The van der Waals surface area contributed by atoms with Crippen LogP contribution in [-0.4, -0.2) is 46.4 Å². The summed E-state index contributed by atoms with van der Waals surface area (Å²) >= 11 is 0. The van der Waals surface area contributed by atoms with Gasteiger partial charge in [0.2, 0.25) is 0 Å². The Morgan fingerprint density at radius 1 is 1.12 bits per heavy atom. The first-order chi connectivity index (χ1) is 19.4. The summed E-state index contributed by atoms with van der Waals surface area (Å²) in [4.78, 5) is 32.6. The number of nitrogens with zero attached hydrogens (tertiary/aromatic N) is 2. The van der Waals surface area contributed by atoms with Crippen LogP contribution in [0.2, 0.25) is 0 Å². The third-order valence-corrected chi connectivity index (χ3v) is 7.44. The van der Waals surface area contributed by atoms with Crippen LogP contribution in [0.25, 0.3) is 11.3 Å². The number of amides is 2. The number of aromatic nitrogens is 2. The van der Waals surface area contributed by atoms with Crippen LogP contribution in [0.1, 0.15) is 53.7 Å². The summed E-state index contributed by atoms with van der Waals surface area (Å²) in [7, 11) is 0. The zero-order valence-corrected chi connectivity index (χ0v) is 22.0. The lowest BCUT2D eigenvalue weighted by molar-refractivity contribution is -0.184. The van der Waals surface area contributed by atoms with Gasteiger partial charge < -0.3 is 31.4 Å². The molecule has 5 rings (SSSR count). The maximum absolute atomic E-state index is 15.1. The fourth-order valence-electron chi connectivity index (χ4n) is 5.49. The number of pyridine rings is 2. The first kappa shape index (κ1) is 28.3. The third kappa shape index (κ3) is 5.68. The third-order valence-electron chi connectivity index (χ3n) is 7.44. The van der Waals surface area contributed by atoms with Crippen LogP contribution in [-0.2, 0) is 15.1 Å². The fourth-order valence-corrected chi connectivity index (χ4v) is 5.49. The first-order valence-electron chi connectivity index (χ1n) is 12.9. The molecule has 3 heterocycles. The van der Waals surface area contributed by atoms with Crippen LogP contribution < -0.4 is 16.8 Å². The van der Waals surface area contributed by atoms with Gasteiger partial charge in [0, 0.05) is 12.3 Å². The van der Waals surface area contributed by atoms with E-state index in [0.717, 1.165) is 24.6 Å². The number of rotatable bonds is 6. The smallest absolute Gasteiger partial charge is 0.404 e. The highest BCUT2D eigenvalue weighted by Crippen LogP contribution is 2.40. The zero-order chi connectivity index (χ0) is 29.5. The second-order valence-electron chi connectivity index (χ2n) is 10.6. The van der Waals surface area contributed by atoms with Gasteiger partial charge >= 0.3 is 6.09 Å². The maximum atomic E-state index is 15.1. The molecule has 2 aromatic heterocycles. The summed E-state index contributed by atoms with van der Waals surface area (Å²) in [5, 5.41) is 13.0. The number of nitrogens with one attached hydrogen (secondary N) is 1. The molecule has 0 radical (unpaired) electrons. The number of carbonyl (C=O) groups is 2. The zero-order valence-electron chi connectivity index (χ0n) is 22.0. The van der Waals surface area contributed by atoms with Crippen molar-refractivity contribution in [2.75, 3.05) is 24.3 Å². The van der Waals surface area contributed by atoms with Crippen molar-refractivity contribution in [3.05, 3.63) is 70.9 Å². The van der Waals surface area contributed by atoms with Crippen LogP contribution in [0.15, 0.2) is 36.7 Å². The number of anilines is 2. The van der Waals surface area contributed by atoms with Gasteiger partial charge in [-0.15, -0.1) is 0 Å². The molecule has 6 N–H and O–H groups in total. The summed E-state index contributed by atoms with van der Waals surface area (Å²) in [6.45, 7) is 1.73. The van der Waals surface area contributed by atoms with Crippen molar-refractivity contribution >= 4 is 23.4 Å². The van der Waals surface area contributed by atoms with Gasteiger partial charge in [0.1, 0.15) is 29.0 Å². The Kier molecular flexibility index (Phi) is 7.58. The first-order valence-corrected chi connectivity index (χ1v) is 12.9. The Labute approximate surface area is 232 Å². The molecule has 1 aliphatic heterocycles. The van der Waals surface area contributed by atoms with Gasteiger partial charge in [-0.3, -0.25) is 9.78 Å². The van der Waals surface area contributed by atoms with E-state index in [-0.39, 0.29) is 36.3 Å². The van der Waals surface area contributed by atoms with E-state index in [1.165, 1.54) is 6.20 Å². The molecular formula is C28H28F3N5O5. The number of carbonyl (C=O) groups excluding carboxylic acids is 2. The Bertz CT molecular complexity index is 1490. The van der Waals surface area contributed by atoms with Gasteiger partial charge in [0.15, 0.2) is 11.5 Å². The molecule has 1 aromatic carbocycles. The summed E-state index contributed by atoms with van der Waals surface area (Å²) < 4.78 is 55.2. The maximum Gasteiger partial charge on any atom is 0.404 e. The van der Waals surface area contributed by atoms with E-state index in [4.69, 9.17) is 20.9 Å². The fraction of sp³-hybridized carbons (Fsp3) is 0.357. The van der Waals surface area contributed by atoms with E-state index in [1.807, 2.05) is 6.92 Å². The number of nitrogen functional groups attached to an aromatic ring is 1. The number of halogens is 3. The number of aliphatic hydroxyl groups is 1. The SMILES string of the molecule is C[C@@H]1C[C@H](OC(N)=O)C[C@H](c2ccncc2NC(=O)c2nc(-c3c(F)cc(C4(O)COC4)cc3F)c(F)cc2N)C1. The molecule has 3 aromatic rings. The van der Waals surface area contributed by atoms with Gasteiger partial charge in [-0.25, -0.2) is 22.9 Å². The Hall–Kier alpha value is -4.23. The van der Waals surface area contributed by atoms with E-state index in [9.17, 15) is 19.1 Å². The lowest BCUT2D eigenvalue weighted by atomic mass is 9.77. The monoisotopic (exact) mass is 571 g/mol. The molecular weight excluding hydrogens is 543 g/mol. The van der Waals surface area contributed by atoms with Crippen LogP contribution in [0.3, 0.4) is 0 Å². The molecule has 0 unspecified atom stereocenters. The minimum atomic E-state index is -1.55. The molecule has 0 spiro atoms. The molecule has 10 nitrogen and oxygen atoms in total. The van der Waals surface area contributed by atoms with Crippen molar-refractivity contribution in [1.82, 2.24) is 9.97 Å². The average Bonchev–Trinajstić information content (AvgIpc) is 2.87. The summed E-state index contributed by atoms with van der Waals surface area (Å²) in [5.41, 5.74) is 8.12. The van der Waals surface area contributed by atoms with Gasteiger partial charge in [0.05, 0.1) is 36.3 Å². The lowest BCUT2D eigenvalue weighted by Crippen LogP contribution is -2.46. The van der Waals surface area contributed by atoms with Crippen molar-refractivity contribution in [3.63, 3.8) is 0 Å². The minimum absolute atomic E-state index is 0.0686. The average molecular weight is 572 g/mol. The van der Waals surface area contributed by atoms with Crippen LogP contribution >= 0.6 is 0 Å². The Morgan fingerprint density at radius 2 is 1.83 bits per heavy atom. The molecule has 41 heavy (non-hydrogen) atoms. The standard InChI is InChI=1S/C28H28F3N5O5/c1-13-4-14(6-16(5-13)41-27(33)38)17-2-3-34-10-22(17)35-26(37)25-21(32)9-20(31)24(36-25)23-18(29)7-15(8-19(23)30)28(39)11-40-12-28/h2-3,7-10,13-14,16,39H,4-6,11-12,32H2,1H3,(H2,33,38)(H,35,37)/t13-,14+,16-/m0/s1. The second kappa shape index (κ2) is 11.0. The summed E-state index contributed by atoms with van der Waals surface area (Å²) in [6, 6.07) is 4.23. The van der Waals surface area contributed by atoms with E-state index in [2.05, 4.69) is 15.3 Å². The predicted molar refractivity (Wildman–Crippen MR) is 141 cm³/mol. The highest BCUT2D eigenvalue weighted by molar-refractivity contribution is 6.07. The number of benzene rings is 1. The van der Waals surface area contributed by atoms with Crippen molar-refractivity contribution in [2.24, 2.45) is 11.7 Å². The van der Waals surface area contributed by atoms with Crippen molar-refractivity contribution in [2.45, 2.75) is 43.8 Å². The highest BCUT2D eigenvalue weighted by atomic mass is 19.1. The van der Waals surface area contributed by atoms with Gasteiger partial charge in [-0.2, -0.15) is 0 Å². The van der Waals surface area contributed by atoms with Gasteiger partial charge in [0.25, 0.3) is 5.91 Å². The van der Waals surface area contributed by atoms with E-state index in [0.29, 0.717) is 24.1 Å². The van der Waals surface area contributed by atoms with Gasteiger partial charge in [-0.1, -0.05) is 6.92 Å². The lowest BCUT2D eigenvalue weighted by Gasteiger charge is -2.36. The predicted octanol–water partition coefficient (Wildman–Crippen LogP) is 3.98. The van der Waals surface area contributed by atoms with E-state index in [1.54, 1.807) is 12.3 Å². The molecule has 13 heteroatoms. The minimum Gasteiger partial charge on any atom is -0.446 e. The number of ether oxygens (including phenoxy) is 2. The van der Waals surface area contributed by atoms with Crippen molar-refractivity contribution < 1.29 is 37.3 Å². The van der Waals surface area contributed by atoms with Crippen LogP contribution in [0.5, 0.6) is 0 Å². The molecule has 2 fully saturated rings. The number of hydrogen-bond donors (Lipinski definition) is 4. The molecule has 1 saturated heterocycles. The van der Waals surface area contributed by atoms with Crippen LogP contribution in [0, 0.1) is 23.4 Å². The van der Waals surface area contributed by atoms with E-state index < -0.39 is 58.1 Å². The normalized spacial score (nSPS) is 21.5. The Morgan fingerprint density at radius 3 is 2.46 bits per heavy atom. The number of hydrogen-bond acceptors (Lipinski definition) is 8. The Balaban J connectivity index is 1.44. The molecule has 1 saturated carbocycles. The van der Waals surface area contributed by atoms with E-state index >= 15 is 8.78 Å². The molecule has 2 aliphatic rings. The molecule has 1 aliphatic carbocycles. The van der Waals surface area contributed by atoms with Crippen molar-refractivity contribution in [1.29, 1.82) is 0 Å². The highest BCUT2D eigenvalue weighted by Gasteiger charge is 2.39. The summed E-state index contributed by atoms with van der Waals surface area (Å²) in [6.07, 6.45) is 3.56. The number of nitrogens with two attached hydrogens (primary N) is 2. The second-order valence-corrected chi connectivity index (χ2v) is 10.6. The summed E-state index contributed by atoms with van der Waals surface area (Å²) in [5.74, 6) is -4.29. The van der Waals surface area contributed by atoms with Crippen LogP contribution in [0.4, 0.5) is 29.3 Å². The molecule has 3 atom stereocenters. The number of primary amides is 1. The topological polar surface area (TPSA) is 163 Å². The quantitative estimate of drug-likeness (QED) is 0.345. The molecule has 0 bridgehead atoms. The van der Waals surface area contributed by atoms with Crippen molar-refractivity contribution in [3.8, 4) is 11.3 Å². The van der Waals surface area contributed by atoms with Gasteiger partial charge in [-0.05, 0) is 60.4 Å². The molecule has 216 valence electrons. The molecule has 2 amide bonds. The largest absolute Gasteiger partial charge is 0.446 e.